The summed E-state index contributed by atoms with van der Waals surface area (Å²) in [7, 11) is 1.33. The molecular formula is C15H14FNO2. The lowest BCUT2D eigenvalue weighted by Gasteiger charge is -2.09. The van der Waals surface area contributed by atoms with Crippen molar-refractivity contribution in [2.24, 2.45) is 0 Å². The fourth-order valence-corrected chi connectivity index (χ4v) is 1.96. The number of halogens is 1. The van der Waals surface area contributed by atoms with Gasteiger partial charge in [-0.15, -0.1) is 0 Å². The Labute approximate surface area is 111 Å². The maximum atomic E-state index is 13.8. The van der Waals surface area contributed by atoms with Crippen molar-refractivity contribution in [1.82, 2.24) is 4.98 Å². The monoisotopic (exact) mass is 259 g/mol. The molecule has 0 amide bonds. The molecule has 19 heavy (non-hydrogen) atoms. The van der Waals surface area contributed by atoms with E-state index in [1.165, 1.54) is 13.3 Å². The highest BCUT2D eigenvalue weighted by Crippen LogP contribution is 2.27. The summed E-state index contributed by atoms with van der Waals surface area (Å²) in [6.45, 7) is 3.64. The molecule has 0 atom stereocenters. The van der Waals surface area contributed by atoms with Gasteiger partial charge in [0.2, 0.25) is 0 Å². The van der Waals surface area contributed by atoms with Gasteiger partial charge in [0, 0.05) is 11.3 Å². The van der Waals surface area contributed by atoms with Crippen LogP contribution in [-0.2, 0) is 4.74 Å². The van der Waals surface area contributed by atoms with E-state index in [-0.39, 0.29) is 5.82 Å². The summed E-state index contributed by atoms with van der Waals surface area (Å²) in [6.07, 6.45) is 1.21. The van der Waals surface area contributed by atoms with Crippen LogP contribution in [0.5, 0.6) is 0 Å². The Morgan fingerprint density at radius 1 is 1.21 bits per heavy atom. The first kappa shape index (κ1) is 13.2. The molecule has 2 rings (SSSR count). The second kappa shape index (κ2) is 5.18. The molecule has 0 saturated carbocycles. The van der Waals surface area contributed by atoms with E-state index in [4.69, 9.17) is 0 Å². The lowest BCUT2D eigenvalue weighted by atomic mass is 9.98. The minimum Gasteiger partial charge on any atom is -0.465 e. The van der Waals surface area contributed by atoms with Gasteiger partial charge in [0.15, 0.2) is 0 Å². The van der Waals surface area contributed by atoms with Gasteiger partial charge in [0.05, 0.1) is 18.9 Å². The van der Waals surface area contributed by atoms with E-state index in [2.05, 4.69) is 9.72 Å². The molecular weight excluding hydrogens is 245 g/mol. The standard InChI is InChI=1S/C15H14FNO2/c1-9-6-11(15(18)19-3)4-5-12(9)13-7-10(2)17-8-14(13)16/h4-8H,1-3H3. The lowest BCUT2D eigenvalue weighted by molar-refractivity contribution is 0.0600. The Balaban J connectivity index is 2.52. The van der Waals surface area contributed by atoms with E-state index < -0.39 is 5.97 Å². The van der Waals surface area contributed by atoms with Crippen molar-refractivity contribution in [3.63, 3.8) is 0 Å². The van der Waals surface area contributed by atoms with Crippen molar-refractivity contribution in [3.05, 3.63) is 53.1 Å². The van der Waals surface area contributed by atoms with Gasteiger partial charge in [-0.1, -0.05) is 6.07 Å². The number of hydrogen-bond acceptors (Lipinski definition) is 3. The molecule has 0 fully saturated rings. The quantitative estimate of drug-likeness (QED) is 0.777. The number of hydrogen-bond donors (Lipinski definition) is 0. The molecule has 1 heterocycles. The van der Waals surface area contributed by atoms with E-state index in [1.54, 1.807) is 31.2 Å². The Bertz CT molecular complexity index is 638. The van der Waals surface area contributed by atoms with Crippen LogP contribution in [0.1, 0.15) is 21.6 Å². The number of benzene rings is 1. The molecule has 98 valence electrons. The Morgan fingerprint density at radius 3 is 2.58 bits per heavy atom. The van der Waals surface area contributed by atoms with Crippen molar-refractivity contribution in [2.75, 3.05) is 7.11 Å². The Kier molecular flexibility index (Phi) is 3.60. The number of methoxy groups -OCH3 is 1. The minimum absolute atomic E-state index is 0.375. The molecule has 0 aliphatic heterocycles. The molecule has 0 N–H and O–H groups in total. The Morgan fingerprint density at radius 2 is 1.95 bits per heavy atom. The molecule has 0 saturated heterocycles. The van der Waals surface area contributed by atoms with E-state index >= 15 is 0 Å². The summed E-state index contributed by atoms with van der Waals surface area (Å²) in [4.78, 5) is 15.3. The lowest BCUT2D eigenvalue weighted by Crippen LogP contribution is -2.02. The van der Waals surface area contributed by atoms with Gasteiger partial charge >= 0.3 is 5.97 Å². The molecule has 0 aliphatic carbocycles. The van der Waals surface area contributed by atoms with Crippen LogP contribution in [0, 0.1) is 19.7 Å². The smallest absolute Gasteiger partial charge is 0.337 e. The van der Waals surface area contributed by atoms with Gasteiger partial charge in [-0.3, -0.25) is 4.98 Å². The van der Waals surface area contributed by atoms with Gasteiger partial charge < -0.3 is 4.74 Å². The zero-order valence-electron chi connectivity index (χ0n) is 11.0. The van der Waals surface area contributed by atoms with Crippen LogP contribution >= 0.6 is 0 Å². The minimum atomic E-state index is -0.402. The van der Waals surface area contributed by atoms with Crippen LogP contribution in [0.3, 0.4) is 0 Å². The maximum absolute atomic E-state index is 13.8. The fraction of sp³-hybridized carbons (Fsp3) is 0.200. The second-order valence-corrected chi connectivity index (χ2v) is 4.33. The van der Waals surface area contributed by atoms with E-state index in [0.717, 1.165) is 16.8 Å². The average Bonchev–Trinajstić information content (AvgIpc) is 2.41. The predicted molar refractivity (Wildman–Crippen MR) is 70.4 cm³/mol. The van der Waals surface area contributed by atoms with Crippen molar-refractivity contribution >= 4 is 5.97 Å². The molecule has 2 aromatic rings. The summed E-state index contributed by atoms with van der Waals surface area (Å²) < 4.78 is 18.5. The summed E-state index contributed by atoms with van der Waals surface area (Å²) >= 11 is 0. The van der Waals surface area contributed by atoms with Gasteiger partial charge in [-0.05, 0) is 43.2 Å². The van der Waals surface area contributed by atoms with Gasteiger partial charge in [-0.2, -0.15) is 0 Å². The Hall–Kier alpha value is -2.23. The van der Waals surface area contributed by atoms with Crippen LogP contribution in [0.25, 0.3) is 11.1 Å². The van der Waals surface area contributed by atoms with Crippen LogP contribution < -0.4 is 0 Å². The first-order chi connectivity index (χ1) is 9.02. The highest BCUT2D eigenvalue weighted by atomic mass is 19.1. The SMILES string of the molecule is COC(=O)c1ccc(-c2cc(C)ncc2F)c(C)c1. The molecule has 0 radical (unpaired) electrons. The number of carbonyl (C=O) groups is 1. The van der Waals surface area contributed by atoms with Crippen molar-refractivity contribution in [3.8, 4) is 11.1 Å². The molecule has 3 nitrogen and oxygen atoms in total. The van der Waals surface area contributed by atoms with Gasteiger partial charge in [0.25, 0.3) is 0 Å². The van der Waals surface area contributed by atoms with E-state index in [0.29, 0.717) is 11.1 Å². The van der Waals surface area contributed by atoms with Gasteiger partial charge in [-0.25, -0.2) is 9.18 Å². The van der Waals surface area contributed by atoms with Crippen molar-refractivity contribution in [1.29, 1.82) is 0 Å². The summed E-state index contributed by atoms with van der Waals surface area (Å²) in [5.41, 5.74) is 3.24. The van der Waals surface area contributed by atoms with Crippen LogP contribution in [0.15, 0.2) is 30.5 Å². The molecule has 0 spiro atoms. The number of carbonyl (C=O) groups excluding carboxylic acids is 1. The molecule has 0 bridgehead atoms. The molecule has 1 aromatic heterocycles. The average molecular weight is 259 g/mol. The molecule has 4 heteroatoms. The van der Waals surface area contributed by atoms with E-state index in [1.807, 2.05) is 6.92 Å². The van der Waals surface area contributed by atoms with Crippen molar-refractivity contribution < 1.29 is 13.9 Å². The normalized spacial score (nSPS) is 10.3. The zero-order valence-corrected chi connectivity index (χ0v) is 11.0. The van der Waals surface area contributed by atoms with Crippen molar-refractivity contribution in [2.45, 2.75) is 13.8 Å². The third kappa shape index (κ3) is 2.62. The molecule has 1 aromatic carbocycles. The number of pyridine rings is 1. The number of esters is 1. The first-order valence-electron chi connectivity index (χ1n) is 5.84. The topological polar surface area (TPSA) is 39.2 Å². The molecule has 0 unspecified atom stereocenters. The summed E-state index contributed by atoms with van der Waals surface area (Å²) in [5.74, 6) is -0.777. The number of aromatic nitrogens is 1. The second-order valence-electron chi connectivity index (χ2n) is 4.33. The largest absolute Gasteiger partial charge is 0.465 e. The third-order valence-corrected chi connectivity index (χ3v) is 2.93. The predicted octanol–water partition coefficient (Wildman–Crippen LogP) is 3.29. The zero-order chi connectivity index (χ0) is 14.0. The fourth-order valence-electron chi connectivity index (χ4n) is 1.96. The van der Waals surface area contributed by atoms with Crippen LogP contribution in [-0.4, -0.2) is 18.1 Å². The highest BCUT2D eigenvalue weighted by Gasteiger charge is 2.12. The highest BCUT2D eigenvalue weighted by molar-refractivity contribution is 5.90. The van der Waals surface area contributed by atoms with Crippen LogP contribution in [0.4, 0.5) is 4.39 Å². The van der Waals surface area contributed by atoms with E-state index in [9.17, 15) is 9.18 Å². The maximum Gasteiger partial charge on any atom is 0.337 e. The summed E-state index contributed by atoms with van der Waals surface area (Å²) in [6, 6.07) is 6.73. The number of aryl methyl sites for hydroxylation is 2. The number of ether oxygens (including phenoxy) is 1. The summed E-state index contributed by atoms with van der Waals surface area (Å²) in [5, 5.41) is 0. The molecule has 0 aliphatic rings. The first-order valence-corrected chi connectivity index (χ1v) is 5.84. The van der Waals surface area contributed by atoms with Gasteiger partial charge in [0.1, 0.15) is 5.82 Å². The number of nitrogens with zero attached hydrogens (tertiary/aromatic N) is 1. The number of rotatable bonds is 2. The van der Waals surface area contributed by atoms with Crippen LogP contribution in [0.2, 0.25) is 0 Å². The third-order valence-electron chi connectivity index (χ3n) is 2.93.